The Balaban J connectivity index is 1.66. The van der Waals surface area contributed by atoms with Crippen molar-refractivity contribution in [3.63, 3.8) is 0 Å². The highest BCUT2D eigenvalue weighted by Crippen LogP contribution is 2.35. The normalized spacial score (nSPS) is 16.9. The van der Waals surface area contributed by atoms with Gasteiger partial charge in [0.2, 0.25) is 0 Å². The molecule has 1 aromatic heterocycles. The summed E-state index contributed by atoms with van der Waals surface area (Å²) in [6.07, 6.45) is 5.42. The zero-order valence-corrected chi connectivity index (χ0v) is 19.6. The van der Waals surface area contributed by atoms with Gasteiger partial charge in [-0.05, 0) is 60.7 Å². The lowest BCUT2D eigenvalue weighted by Gasteiger charge is -2.22. The number of carbonyl (C=O) groups is 1. The van der Waals surface area contributed by atoms with Gasteiger partial charge in [-0.1, -0.05) is 59.8 Å². The Morgan fingerprint density at radius 1 is 1.14 bits per heavy atom. The second kappa shape index (κ2) is 10.5. The van der Waals surface area contributed by atoms with E-state index in [0.717, 1.165) is 33.5 Å². The molecule has 178 valence electrons. The molecule has 0 spiro atoms. The van der Waals surface area contributed by atoms with Gasteiger partial charge in [0.1, 0.15) is 5.83 Å². The van der Waals surface area contributed by atoms with Crippen molar-refractivity contribution in [3.05, 3.63) is 124 Å². The molecule has 0 fully saturated rings. The molecule has 1 aliphatic carbocycles. The molecular formula is C29H27FN2O3. The molecule has 35 heavy (non-hydrogen) atoms. The summed E-state index contributed by atoms with van der Waals surface area (Å²) in [7, 11) is 0. The molecule has 5 nitrogen and oxygen atoms in total. The topological polar surface area (TPSA) is 82.8 Å². The van der Waals surface area contributed by atoms with E-state index >= 15 is 0 Å². The molecule has 0 aliphatic heterocycles. The van der Waals surface area contributed by atoms with Crippen LogP contribution in [0.4, 0.5) is 4.39 Å². The number of aromatic nitrogens is 1. The molecule has 4 rings (SSSR count). The molecule has 0 amide bonds. The van der Waals surface area contributed by atoms with Gasteiger partial charge in [0.25, 0.3) is 0 Å². The zero-order chi connectivity index (χ0) is 24.9. The summed E-state index contributed by atoms with van der Waals surface area (Å²) in [6, 6.07) is 19.8. The molecule has 2 atom stereocenters. The number of halogens is 1. The Hall–Kier alpha value is -4.06. The maximum absolute atomic E-state index is 14.3. The third-order valence-electron chi connectivity index (χ3n) is 6.49. The number of oxime groups is 1. The minimum absolute atomic E-state index is 0.0678. The van der Waals surface area contributed by atoms with Gasteiger partial charge in [0, 0.05) is 35.7 Å². The van der Waals surface area contributed by atoms with Crippen LogP contribution in [0, 0.1) is 13.8 Å². The lowest BCUT2D eigenvalue weighted by molar-refractivity contribution is -0.132. The summed E-state index contributed by atoms with van der Waals surface area (Å²) in [4.78, 5) is 15.4. The number of hydrogen-bond donors (Lipinski definition) is 2. The lowest BCUT2D eigenvalue weighted by Crippen LogP contribution is -2.12. The van der Waals surface area contributed by atoms with Gasteiger partial charge in [0.05, 0.1) is 11.3 Å². The van der Waals surface area contributed by atoms with Gasteiger partial charge >= 0.3 is 5.97 Å². The van der Waals surface area contributed by atoms with Crippen LogP contribution in [0.1, 0.15) is 58.2 Å². The van der Waals surface area contributed by atoms with Crippen molar-refractivity contribution in [2.75, 3.05) is 0 Å². The summed E-state index contributed by atoms with van der Waals surface area (Å²) >= 11 is 0. The number of aryl methyl sites for hydroxylation is 2. The Morgan fingerprint density at radius 2 is 1.89 bits per heavy atom. The highest BCUT2D eigenvalue weighted by Gasteiger charge is 2.23. The van der Waals surface area contributed by atoms with E-state index in [-0.39, 0.29) is 17.4 Å². The van der Waals surface area contributed by atoms with E-state index in [4.69, 9.17) is 5.11 Å². The summed E-state index contributed by atoms with van der Waals surface area (Å²) in [5.74, 6) is -2.24. The maximum Gasteiger partial charge on any atom is 0.338 e. The van der Waals surface area contributed by atoms with Crippen LogP contribution in [0.5, 0.6) is 0 Å². The number of carboxylic acids is 1. The molecule has 0 radical (unpaired) electrons. The number of benzene rings is 2. The number of carboxylic acid groups (broad SMARTS) is 1. The van der Waals surface area contributed by atoms with Crippen LogP contribution in [0.15, 0.2) is 95.6 Å². The van der Waals surface area contributed by atoms with E-state index < -0.39 is 11.8 Å². The first-order chi connectivity index (χ1) is 16.9. The molecule has 0 saturated heterocycles. The van der Waals surface area contributed by atoms with Gasteiger partial charge in [-0.2, -0.15) is 0 Å². The minimum Gasteiger partial charge on any atom is -0.478 e. The highest BCUT2D eigenvalue weighted by molar-refractivity contribution is 6.01. The van der Waals surface area contributed by atoms with Crippen LogP contribution >= 0.6 is 0 Å². The smallest absolute Gasteiger partial charge is 0.338 e. The second-order valence-corrected chi connectivity index (χ2v) is 8.79. The quantitative estimate of drug-likeness (QED) is 0.236. The predicted octanol–water partition coefficient (Wildman–Crippen LogP) is 6.45. The van der Waals surface area contributed by atoms with Crippen LogP contribution in [0.3, 0.4) is 0 Å². The first-order valence-electron chi connectivity index (χ1n) is 11.5. The third-order valence-corrected chi connectivity index (χ3v) is 6.49. The summed E-state index contributed by atoms with van der Waals surface area (Å²) < 4.78 is 14.3. The van der Waals surface area contributed by atoms with Crippen molar-refractivity contribution in [2.45, 2.75) is 38.5 Å². The largest absolute Gasteiger partial charge is 0.478 e. The van der Waals surface area contributed by atoms with E-state index in [1.807, 2.05) is 55.5 Å². The van der Waals surface area contributed by atoms with Gasteiger partial charge in [-0.15, -0.1) is 0 Å². The van der Waals surface area contributed by atoms with Crippen molar-refractivity contribution in [1.29, 1.82) is 0 Å². The highest BCUT2D eigenvalue weighted by atomic mass is 19.1. The predicted molar refractivity (Wildman–Crippen MR) is 134 cm³/mol. The van der Waals surface area contributed by atoms with E-state index in [1.165, 1.54) is 12.2 Å². The Labute approximate surface area is 204 Å². The van der Waals surface area contributed by atoms with Gasteiger partial charge < -0.3 is 10.3 Å². The van der Waals surface area contributed by atoms with Crippen molar-refractivity contribution in [3.8, 4) is 0 Å². The van der Waals surface area contributed by atoms with Crippen molar-refractivity contribution in [1.82, 2.24) is 4.98 Å². The van der Waals surface area contributed by atoms with Gasteiger partial charge in [-0.25, -0.2) is 9.18 Å². The summed E-state index contributed by atoms with van der Waals surface area (Å²) in [5.41, 5.74) is 6.16. The average Bonchev–Trinajstić information content (AvgIpc) is 2.85. The van der Waals surface area contributed by atoms with Crippen molar-refractivity contribution in [2.24, 2.45) is 5.16 Å². The van der Waals surface area contributed by atoms with E-state index in [1.54, 1.807) is 6.20 Å². The van der Waals surface area contributed by atoms with Gasteiger partial charge in [0.15, 0.2) is 0 Å². The molecule has 1 heterocycles. The number of pyridine rings is 1. The van der Waals surface area contributed by atoms with E-state index in [9.17, 15) is 14.4 Å². The fraction of sp³-hybridized carbons (Fsp3) is 0.207. The molecule has 2 aromatic carbocycles. The maximum atomic E-state index is 14.3. The van der Waals surface area contributed by atoms with E-state index in [0.29, 0.717) is 18.6 Å². The Bertz CT molecular complexity index is 1330. The van der Waals surface area contributed by atoms with Crippen LogP contribution in [-0.4, -0.2) is 27.0 Å². The number of aliphatic carboxylic acids is 1. The van der Waals surface area contributed by atoms with Crippen LogP contribution in [0.25, 0.3) is 0 Å². The number of allylic oxidation sites excluding steroid dienone is 2. The van der Waals surface area contributed by atoms with Crippen molar-refractivity contribution >= 4 is 11.7 Å². The van der Waals surface area contributed by atoms with Gasteiger partial charge in [-0.3, -0.25) is 4.98 Å². The molecular weight excluding hydrogens is 443 g/mol. The first-order valence-corrected chi connectivity index (χ1v) is 11.5. The summed E-state index contributed by atoms with van der Waals surface area (Å²) in [6.45, 7) is 3.96. The number of hydrogen-bond acceptors (Lipinski definition) is 4. The molecule has 2 unspecified atom stereocenters. The van der Waals surface area contributed by atoms with Crippen LogP contribution in [-0.2, 0) is 4.79 Å². The average molecular weight is 471 g/mol. The molecule has 3 aromatic rings. The molecule has 0 bridgehead atoms. The SMILES string of the molecule is Cc1cc(/C(CC(c2ccc(C3C=C(F)C(C(=O)O)=CC3)cc2)c2ccccc2C)=N/O)ccn1. The molecule has 2 N–H and O–H groups in total. The first kappa shape index (κ1) is 24.1. The van der Waals surface area contributed by atoms with Crippen LogP contribution in [0.2, 0.25) is 0 Å². The number of nitrogens with zero attached hydrogens (tertiary/aromatic N) is 2. The van der Waals surface area contributed by atoms with Crippen molar-refractivity contribution < 1.29 is 19.5 Å². The summed E-state index contributed by atoms with van der Waals surface area (Å²) in [5, 5.41) is 22.6. The lowest BCUT2D eigenvalue weighted by atomic mass is 9.82. The fourth-order valence-electron chi connectivity index (χ4n) is 4.59. The third kappa shape index (κ3) is 5.38. The Morgan fingerprint density at radius 3 is 2.51 bits per heavy atom. The zero-order valence-electron chi connectivity index (χ0n) is 19.6. The number of rotatable bonds is 7. The van der Waals surface area contributed by atoms with E-state index in [2.05, 4.69) is 29.2 Å². The fourth-order valence-corrected chi connectivity index (χ4v) is 4.59. The molecule has 1 aliphatic rings. The minimum atomic E-state index is -1.25. The Kier molecular flexibility index (Phi) is 7.20. The second-order valence-electron chi connectivity index (χ2n) is 8.79. The standard InChI is InChI=1S/C29H27FN2O3/c1-18-5-3-4-6-24(18)26(17-28(32-35)23-13-14-31-19(2)15-23)21-9-7-20(8-10-21)22-11-12-25(29(33)34)27(30)16-22/h3-10,12-16,22,26,35H,11,17H2,1-2H3,(H,33,34)/b32-28+. The molecule has 6 heteroatoms. The monoisotopic (exact) mass is 470 g/mol. The van der Waals surface area contributed by atoms with Crippen LogP contribution < -0.4 is 0 Å². The molecule has 0 saturated carbocycles.